The summed E-state index contributed by atoms with van der Waals surface area (Å²) in [4.78, 5) is 7.25. The van der Waals surface area contributed by atoms with Crippen LogP contribution in [-0.4, -0.2) is 62.8 Å². The highest BCUT2D eigenvalue weighted by Gasteiger charge is 2.22. The normalized spacial score (nSPS) is 19.3. The molecule has 0 amide bonds. The first-order valence-corrected chi connectivity index (χ1v) is 8.51. The molecule has 0 aromatic heterocycles. The Hall–Kier alpha value is -0.0800. The summed E-state index contributed by atoms with van der Waals surface area (Å²) >= 11 is 0. The molecule has 1 fully saturated rings. The number of hydrogen-bond acceptors (Lipinski definition) is 3. The second-order valence-corrected chi connectivity index (χ2v) is 6.04. The fourth-order valence-corrected chi connectivity index (χ4v) is 2.62. The number of halogens is 1. The summed E-state index contributed by atoms with van der Waals surface area (Å²) in [6.07, 6.45) is 2.58. The monoisotopic (exact) mass is 426 g/mol. The van der Waals surface area contributed by atoms with Gasteiger partial charge < -0.3 is 15.4 Å². The SMILES string of the molecule is CCNC(=NCC1CCCN1CC)NCCOCC(C)C.I. The maximum atomic E-state index is 5.58. The molecule has 2 N–H and O–H groups in total. The first-order valence-electron chi connectivity index (χ1n) is 8.51. The molecule has 0 aliphatic carbocycles. The molecule has 1 atom stereocenters. The Kier molecular flexibility index (Phi) is 13.3. The molecule has 0 spiro atoms. The highest BCUT2D eigenvalue weighted by atomic mass is 127. The molecular formula is C16H35IN4O. The molecule has 0 bridgehead atoms. The summed E-state index contributed by atoms with van der Waals surface area (Å²) in [5.74, 6) is 1.50. The van der Waals surface area contributed by atoms with E-state index in [1.807, 2.05) is 0 Å². The molecule has 1 rings (SSSR count). The average molecular weight is 426 g/mol. The van der Waals surface area contributed by atoms with Gasteiger partial charge >= 0.3 is 0 Å². The minimum Gasteiger partial charge on any atom is -0.379 e. The summed E-state index contributed by atoms with van der Waals surface area (Å²) in [6.45, 7) is 15.2. The van der Waals surface area contributed by atoms with Crippen LogP contribution >= 0.6 is 24.0 Å². The Bertz CT molecular complexity index is 300. The molecule has 6 heteroatoms. The van der Waals surface area contributed by atoms with E-state index >= 15 is 0 Å². The van der Waals surface area contributed by atoms with Crippen LogP contribution in [0.4, 0.5) is 0 Å². The predicted octanol–water partition coefficient (Wildman–Crippen LogP) is 2.32. The molecule has 5 nitrogen and oxygen atoms in total. The fraction of sp³-hybridized carbons (Fsp3) is 0.938. The van der Waals surface area contributed by atoms with Crippen LogP contribution in [0.25, 0.3) is 0 Å². The van der Waals surface area contributed by atoms with Crippen LogP contribution in [0.2, 0.25) is 0 Å². The van der Waals surface area contributed by atoms with Gasteiger partial charge in [-0.05, 0) is 38.8 Å². The zero-order chi connectivity index (χ0) is 15.5. The molecule has 1 aliphatic rings. The first kappa shape index (κ1) is 21.9. The molecule has 1 heterocycles. The number of hydrogen-bond donors (Lipinski definition) is 2. The summed E-state index contributed by atoms with van der Waals surface area (Å²) < 4.78 is 5.58. The molecule has 0 radical (unpaired) electrons. The standard InChI is InChI=1S/C16H34N4O.HI/c1-5-17-16(18-9-11-21-13-14(3)4)19-12-15-8-7-10-20(15)6-2;/h14-15H,5-13H2,1-4H3,(H2,17,18,19);1H. The lowest BCUT2D eigenvalue weighted by atomic mass is 10.2. The van der Waals surface area contributed by atoms with Crippen molar-refractivity contribution < 1.29 is 4.74 Å². The lowest BCUT2D eigenvalue weighted by Crippen LogP contribution is -2.40. The highest BCUT2D eigenvalue weighted by molar-refractivity contribution is 14.0. The lowest BCUT2D eigenvalue weighted by Gasteiger charge is -2.21. The molecule has 1 saturated heterocycles. The van der Waals surface area contributed by atoms with E-state index < -0.39 is 0 Å². The van der Waals surface area contributed by atoms with Crippen molar-refractivity contribution in [3.05, 3.63) is 0 Å². The Morgan fingerprint density at radius 2 is 2.09 bits per heavy atom. The molecule has 1 unspecified atom stereocenters. The third-order valence-corrected chi connectivity index (χ3v) is 3.70. The van der Waals surface area contributed by atoms with Gasteiger partial charge in [-0.15, -0.1) is 24.0 Å². The first-order chi connectivity index (χ1) is 10.2. The van der Waals surface area contributed by atoms with Gasteiger partial charge in [0.25, 0.3) is 0 Å². The molecule has 22 heavy (non-hydrogen) atoms. The second kappa shape index (κ2) is 13.4. The van der Waals surface area contributed by atoms with Gasteiger partial charge in [-0.25, -0.2) is 0 Å². The fourth-order valence-electron chi connectivity index (χ4n) is 2.62. The van der Waals surface area contributed by atoms with Crippen LogP contribution in [0.5, 0.6) is 0 Å². The molecule has 0 saturated carbocycles. The second-order valence-electron chi connectivity index (χ2n) is 6.04. The smallest absolute Gasteiger partial charge is 0.191 e. The third kappa shape index (κ3) is 9.15. The summed E-state index contributed by atoms with van der Waals surface area (Å²) in [6, 6.07) is 0.614. The van der Waals surface area contributed by atoms with E-state index in [1.165, 1.54) is 19.4 Å². The zero-order valence-electron chi connectivity index (χ0n) is 14.7. The number of likely N-dealkylation sites (N-methyl/N-ethyl adjacent to an activating group) is 1. The van der Waals surface area contributed by atoms with Gasteiger partial charge in [0.15, 0.2) is 5.96 Å². The predicted molar refractivity (Wildman–Crippen MR) is 105 cm³/mol. The number of nitrogens with one attached hydrogen (secondary N) is 2. The topological polar surface area (TPSA) is 48.9 Å². The van der Waals surface area contributed by atoms with E-state index in [-0.39, 0.29) is 24.0 Å². The van der Waals surface area contributed by atoms with Crippen LogP contribution in [0, 0.1) is 5.92 Å². The highest BCUT2D eigenvalue weighted by Crippen LogP contribution is 2.16. The number of ether oxygens (including phenoxy) is 1. The quantitative estimate of drug-likeness (QED) is 0.257. The van der Waals surface area contributed by atoms with Gasteiger partial charge in [0.05, 0.1) is 13.2 Å². The van der Waals surface area contributed by atoms with E-state index in [1.54, 1.807) is 0 Å². The largest absolute Gasteiger partial charge is 0.379 e. The van der Waals surface area contributed by atoms with Gasteiger partial charge in [-0.3, -0.25) is 9.89 Å². The number of rotatable bonds is 9. The van der Waals surface area contributed by atoms with Crippen molar-refractivity contribution in [2.45, 2.75) is 46.6 Å². The summed E-state index contributed by atoms with van der Waals surface area (Å²) in [5, 5.41) is 6.65. The molecule has 1 aliphatic heterocycles. The van der Waals surface area contributed by atoms with Crippen molar-refractivity contribution >= 4 is 29.9 Å². The number of aliphatic imine (C=N–C) groups is 1. The summed E-state index contributed by atoms with van der Waals surface area (Å²) in [5.41, 5.74) is 0. The van der Waals surface area contributed by atoms with Crippen molar-refractivity contribution in [2.75, 3.05) is 45.9 Å². The van der Waals surface area contributed by atoms with E-state index in [9.17, 15) is 0 Å². The van der Waals surface area contributed by atoms with E-state index in [4.69, 9.17) is 9.73 Å². The Labute approximate surface area is 153 Å². The van der Waals surface area contributed by atoms with Crippen LogP contribution in [0.15, 0.2) is 4.99 Å². The molecule has 0 aromatic carbocycles. The Balaban J connectivity index is 0.00000441. The summed E-state index contributed by atoms with van der Waals surface area (Å²) in [7, 11) is 0. The minimum atomic E-state index is 0. The van der Waals surface area contributed by atoms with Crippen molar-refractivity contribution in [1.82, 2.24) is 15.5 Å². The molecule has 0 aromatic rings. The third-order valence-electron chi connectivity index (χ3n) is 3.70. The molecular weight excluding hydrogens is 391 g/mol. The van der Waals surface area contributed by atoms with Gasteiger partial charge in [0.2, 0.25) is 0 Å². The zero-order valence-corrected chi connectivity index (χ0v) is 17.1. The van der Waals surface area contributed by atoms with Crippen LogP contribution in [0.3, 0.4) is 0 Å². The maximum Gasteiger partial charge on any atom is 0.191 e. The number of likely N-dealkylation sites (tertiary alicyclic amines) is 1. The number of nitrogens with zero attached hydrogens (tertiary/aromatic N) is 2. The van der Waals surface area contributed by atoms with Crippen molar-refractivity contribution in [3.8, 4) is 0 Å². The molecule has 132 valence electrons. The van der Waals surface area contributed by atoms with E-state index in [2.05, 4.69) is 43.2 Å². The average Bonchev–Trinajstić information content (AvgIpc) is 2.91. The van der Waals surface area contributed by atoms with E-state index in [0.29, 0.717) is 12.0 Å². The van der Waals surface area contributed by atoms with Gasteiger partial charge in [-0.1, -0.05) is 20.8 Å². The van der Waals surface area contributed by atoms with Crippen molar-refractivity contribution in [3.63, 3.8) is 0 Å². The Morgan fingerprint density at radius 3 is 2.73 bits per heavy atom. The van der Waals surface area contributed by atoms with Crippen LogP contribution in [-0.2, 0) is 4.74 Å². The number of guanidine groups is 1. The maximum absolute atomic E-state index is 5.58. The van der Waals surface area contributed by atoms with E-state index in [0.717, 1.165) is 45.4 Å². The van der Waals surface area contributed by atoms with Gasteiger partial charge in [0.1, 0.15) is 0 Å². The van der Waals surface area contributed by atoms with Crippen LogP contribution in [0.1, 0.15) is 40.5 Å². The van der Waals surface area contributed by atoms with Gasteiger partial charge in [-0.2, -0.15) is 0 Å². The lowest BCUT2D eigenvalue weighted by molar-refractivity contribution is 0.114. The van der Waals surface area contributed by atoms with Crippen molar-refractivity contribution in [2.24, 2.45) is 10.9 Å². The van der Waals surface area contributed by atoms with Crippen molar-refractivity contribution in [1.29, 1.82) is 0 Å². The minimum absolute atomic E-state index is 0. The van der Waals surface area contributed by atoms with Gasteiger partial charge in [0, 0.05) is 25.7 Å². The van der Waals surface area contributed by atoms with Crippen LogP contribution < -0.4 is 10.6 Å². The Morgan fingerprint density at radius 1 is 1.32 bits per heavy atom.